The zero-order chi connectivity index (χ0) is 15.0. The number of imidazole rings is 1. The highest BCUT2D eigenvalue weighted by Crippen LogP contribution is 2.23. The molecule has 3 nitrogen and oxygen atoms in total. The first-order chi connectivity index (χ1) is 10.1. The fourth-order valence-electron chi connectivity index (χ4n) is 2.47. The summed E-state index contributed by atoms with van der Waals surface area (Å²) in [5.74, 6) is -0.476. The van der Waals surface area contributed by atoms with E-state index in [1.165, 1.54) is 0 Å². The Morgan fingerprint density at radius 3 is 2.76 bits per heavy atom. The van der Waals surface area contributed by atoms with Crippen LogP contribution in [0.5, 0.6) is 0 Å². The van der Waals surface area contributed by atoms with Crippen LogP contribution in [-0.2, 0) is 6.54 Å². The van der Waals surface area contributed by atoms with Crippen LogP contribution in [0.15, 0.2) is 42.5 Å². The molecule has 0 bridgehead atoms. The molecular formula is C16H14F2N2O. The van der Waals surface area contributed by atoms with Gasteiger partial charge in [-0.1, -0.05) is 12.1 Å². The van der Waals surface area contributed by atoms with Gasteiger partial charge < -0.3 is 9.67 Å². The Balaban J connectivity index is 1.98. The van der Waals surface area contributed by atoms with Gasteiger partial charge in [0.2, 0.25) is 0 Å². The summed E-state index contributed by atoms with van der Waals surface area (Å²) >= 11 is 0. The second kappa shape index (κ2) is 5.26. The monoisotopic (exact) mass is 288 g/mol. The van der Waals surface area contributed by atoms with Gasteiger partial charge in [0.25, 0.3) is 0 Å². The Hall–Kier alpha value is -2.27. The molecule has 21 heavy (non-hydrogen) atoms. The molecule has 1 aromatic heterocycles. The van der Waals surface area contributed by atoms with E-state index >= 15 is 0 Å². The van der Waals surface area contributed by atoms with Crippen molar-refractivity contribution >= 4 is 11.0 Å². The van der Waals surface area contributed by atoms with Gasteiger partial charge in [-0.3, -0.25) is 0 Å². The van der Waals surface area contributed by atoms with Crippen LogP contribution in [0.4, 0.5) is 8.78 Å². The van der Waals surface area contributed by atoms with E-state index in [-0.39, 0.29) is 12.1 Å². The van der Waals surface area contributed by atoms with Crippen LogP contribution in [-0.4, -0.2) is 14.7 Å². The summed E-state index contributed by atoms with van der Waals surface area (Å²) in [5, 5.41) is 10.2. The van der Waals surface area contributed by atoms with Crippen molar-refractivity contribution in [1.82, 2.24) is 9.55 Å². The number of aromatic nitrogens is 2. The first kappa shape index (κ1) is 13.7. The normalized spacial score (nSPS) is 12.8. The molecule has 1 unspecified atom stereocenters. The van der Waals surface area contributed by atoms with Gasteiger partial charge in [0.05, 0.1) is 23.7 Å². The Bertz CT molecular complexity index is 798. The van der Waals surface area contributed by atoms with Gasteiger partial charge in [0, 0.05) is 5.56 Å². The maximum Gasteiger partial charge on any atom is 0.129 e. The molecule has 0 saturated heterocycles. The third-order valence-electron chi connectivity index (χ3n) is 3.52. The molecule has 2 aromatic carbocycles. The van der Waals surface area contributed by atoms with E-state index in [4.69, 9.17) is 0 Å². The molecule has 0 aliphatic carbocycles. The number of nitrogens with zero attached hydrogens (tertiary/aromatic N) is 2. The summed E-state index contributed by atoms with van der Waals surface area (Å²) in [6, 6.07) is 10.6. The molecule has 1 heterocycles. The van der Waals surface area contributed by atoms with Crippen molar-refractivity contribution in [2.45, 2.75) is 19.6 Å². The molecule has 0 radical (unpaired) electrons. The van der Waals surface area contributed by atoms with E-state index in [9.17, 15) is 13.9 Å². The van der Waals surface area contributed by atoms with E-state index in [2.05, 4.69) is 4.98 Å². The number of rotatable bonds is 3. The van der Waals surface area contributed by atoms with Gasteiger partial charge in [0.1, 0.15) is 17.5 Å². The summed E-state index contributed by atoms with van der Waals surface area (Å²) in [4.78, 5) is 4.38. The molecule has 0 saturated carbocycles. The third kappa shape index (κ3) is 2.52. The van der Waals surface area contributed by atoms with Gasteiger partial charge >= 0.3 is 0 Å². The second-order valence-corrected chi connectivity index (χ2v) is 4.94. The van der Waals surface area contributed by atoms with E-state index < -0.39 is 17.7 Å². The van der Waals surface area contributed by atoms with Crippen LogP contribution < -0.4 is 0 Å². The molecular weight excluding hydrogens is 274 g/mol. The Labute approximate surface area is 120 Å². The molecule has 1 N–H and O–H groups in total. The Morgan fingerprint density at radius 1 is 1.19 bits per heavy atom. The van der Waals surface area contributed by atoms with Crippen molar-refractivity contribution < 1.29 is 13.9 Å². The lowest BCUT2D eigenvalue weighted by molar-refractivity contribution is 0.152. The lowest BCUT2D eigenvalue weighted by atomic mass is 10.1. The molecule has 3 rings (SSSR count). The van der Waals surface area contributed by atoms with Gasteiger partial charge in [0.15, 0.2) is 0 Å². The highest BCUT2D eigenvalue weighted by molar-refractivity contribution is 5.75. The van der Waals surface area contributed by atoms with Crippen LogP contribution in [0, 0.1) is 18.6 Å². The standard InChI is InChI=1S/C16H14F2N2O/c1-10-19-14-4-2-3-5-15(14)20(10)9-16(21)12-8-11(17)6-7-13(12)18/h2-8,16,21H,9H2,1H3. The number of hydrogen-bond donors (Lipinski definition) is 1. The van der Waals surface area contributed by atoms with Crippen molar-refractivity contribution in [2.75, 3.05) is 0 Å². The molecule has 5 heteroatoms. The number of aliphatic hydroxyl groups is 1. The molecule has 0 amide bonds. The Morgan fingerprint density at radius 2 is 1.95 bits per heavy atom. The van der Waals surface area contributed by atoms with E-state index in [0.29, 0.717) is 5.82 Å². The van der Waals surface area contributed by atoms with Gasteiger partial charge in [-0.2, -0.15) is 0 Å². The summed E-state index contributed by atoms with van der Waals surface area (Å²) in [5.41, 5.74) is 1.61. The summed E-state index contributed by atoms with van der Waals surface area (Å²) < 4.78 is 28.7. The maximum absolute atomic E-state index is 13.7. The average Bonchev–Trinajstić information content (AvgIpc) is 2.78. The highest BCUT2D eigenvalue weighted by Gasteiger charge is 2.17. The first-order valence-electron chi connectivity index (χ1n) is 6.61. The maximum atomic E-state index is 13.7. The third-order valence-corrected chi connectivity index (χ3v) is 3.52. The largest absolute Gasteiger partial charge is 0.386 e. The van der Waals surface area contributed by atoms with Crippen molar-refractivity contribution in [3.63, 3.8) is 0 Å². The fourth-order valence-corrected chi connectivity index (χ4v) is 2.47. The number of halogens is 2. The minimum absolute atomic E-state index is 0.0489. The number of para-hydroxylation sites is 2. The quantitative estimate of drug-likeness (QED) is 0.802. The van der Waals surface area contributed by atoms with Crippen LogP contribution >= 0.6 is 0 Å². The van der Waals surface area contributed by atoms with E-state index in [1.54, 1.807) is 4.57 Å². The first-order valence-corrected chi connectivity index (χ1v) is 6.61. The predicted octanol–water partition coefficient (Wildman–Crippen LogP) is 3.36. The molecule has 0 aliphatic rings. The summed E-state index contributed by atoms with van der Waals surface area (Å²) in [7, 11) is 0. The molecule has 3 aromatic rings. The van der Waals surface area contributed by atoms with E-state index in [0.717, 1.165) is 29.2 Å². The van der Waals surface area contributed by atoms with Crippen LogP contribution in [0.3, 0.4) is 0 Å². The van der Waals surface area contributed by atoms with Crippen molar-refractivity contribution in [1.29, 1.82) is 0 Å². The molecule has 1 atom stereocenters. The molecule has 108 valence electrons. The second-order valence-electron chi connectivity index (χ2n) is 4.94. The molecule has 0 aliphatic heterocycles. The van der Waals surface area contributed by atoms with Gasteiger partial charge in [-0.05, 0) is 37.3 Å². The Kier molecular flexibility index (Phi) is 3.43. The lowest BCUT2D eigenvalue weighted by Crippen LogP contribution is -2.11. The van der Waals surface area contributed by atoms with Gasteiger partial charge in [-0.25, -0.2) is 13.8 Å². The molecule has 0 fully saturated rings. The van der Waals surface area contributed by atoms with Crippen molar-refractivity contribution in [2.24, 2.45) is 0 Å². The zero-order valence-electron chi connectivity index (χ0n) is 11.4. The van der Waals surface area contributed by atoms with Crippen LogP contribution in [0.1, 0.15) is 17.5 Å². The van der Waals surface area contributed by atoms with Crippen molar-refractivity contribution in [3.8, 4) is 0 Å². The minimum atomic E-state index is -1.14. The van der Waals surface area contributed by atoms with Crippen molar-refractivity contribution in [3.05, 3.63) is 65.5 Å². The number of aryl methyl sites for hydroxylation is 1. The van der Waals surface area contributed by atoms with Crippen LogP contribution in [0.2, 0.25) is 0 Å². The van der Waals surface area contributed by atoms with Crippen LogP contribution in [0.25, 0.3) is 11.0 Å². The SMILES string of the molecule is Cc1nc2ccccc2n1CC(O)c1cc(F)ccc1F. The fraction of sp³-hybridized carbons (Fsp3) is 0.188. The summed E-state index contributed by atoms with van der Waals surface area (Å²) in [6.45, 7) is 1.93. The average molecular weight is 288 g/mol. The predicted molar refractivity (Wildman–Crippen MR) is 75.8 cm³/mol. The topological polar surface area (TPSA) is 38.0 Å². The number of hydrogen-bond acceptors (Lipinski definition) is 2. The highest BCUT2D eigenvalue weighted by atomic mass is 19.1. The zero-order valence-corrected chi connectivity index (χ0v) is 11.4. The van der Waals surface area contributed by atoms with E-state index in [1.807, 2.05) is 31.2 Å². The minimum Gasteiger partial charge on any atom is -0.386 e. The number of aliphatic hydroxyl groups excluding tert-OH is 1. The molecule has 0 spiro atoms. The van der Waals surface area contributed by atoms with Gasteiger partial charge in [-0.15, -0.1) is 0 Å². The number of benzene rings is 2. The summed E-state index contributed by atoms with van der Waals surface area (Å²) in [6.07, 6.45) is -1.14. The smallest absolute Gasteiger partial charge is 0.129 e. The lowest BCUT2D eigenvalue weighted by Gasteiger charge is -2.15. The number of fused-ring (bicyclic) bond motifs is 1.